The summed E-state index contributed by atoms with van der Waals surface area (Å²) in [5.74, 6) is -0.149. The molecule has 1 aromatic carbocycles. The highest BCUT2D eigenvalue weighted by molar-refractivity contribution is 8.14. The van der Waals surface area contributed by atoms with E-state index in [0.29, 0.717) is 18.7 Å². The number of nitrogens with zero attached hydrogens (tertiary/aromatic N) is 1. The SMILES string of the molecule is CC(=O)Nc1cccc(N2CC(SC(C)=O)CC2=O)c1. The lowest BCUT2D eigenvalue weighted by Gasteiger charge is -2.17. The molecular weight excluding hydrogens is 276 g/mol. The van der Waals surface area contributed by atoms with Crippen LogP contribution in [0.4, 0.5) is 11.4 Å². The third-order valence-electron chi connectivity index (χ3n) is 2.90. The van der Waals surface area contributed by atoms with Gasteiger partial charge in [-0.05, 0) is 18.2 Å². The molecule has 5 nitrogen and oxygen atoms in total. The minimum Gasteiger partial charge on any atom is -0.326 e. The van der Waals surface area contributed by atoms with Crippen molar-refractivity contribution < 1.29 is 14.4 Å². The van der Waals surface area contributed by atoms with Crippen LogP contribution in [0.5, 0.6) is 0 Å². The number of benzene rings is 1. The maximum Gasteiger partial charge on any atom is 0.228 e. The fraction of sp³-hybridized carbons (Fsp3) is 0.357. The monoisotopic (exact) mass is 292 g/mol. The average molecular weight is 292 g/mol. The van der Waals surface area contributed by atoms with Gasteiger partial charge in [0.1, 0.15) is 0 Å². The number of nitrogens with one attached hydrogen (secondary N) is 1. The molecule has 6 heteroatoms. The first-order valence-corrected chi connectivity index (χ1v) is 7.19. The number of rotatable bonds is 3. The van der Waals surface area contributed by atoms with Gasteiger partial charge in [0.2, 0.25) is 11.8 Å². The molecule has 1 N–H and O–H groups in total. The van der Waals surface area contributed by atoms with E-state index >= 15 is 0 Å². The molecule has 106 valence electrons. The normalized spacial score (nSPS) is 18.2. The summed E-state index contributed by atoms with van der Waals surface area (Å²) in [4.78, 5) is 35.8. The number of amides is 2. The van der Waals surface area contributed by atoms with E-state index in [1.807, 2.05) is 6.07 Å². The summed E-state index contributed by atoms with van der Waals surface area (Å²) in [6, 6.07) is 7.15. The molecule has 2 amide bonds. The summed E-state index contributed by atoms with van der Waals surface area (Å²) in [5, 5.41) is 2.72. The lowest BCUT2D eigenvalue weighted by molar-refractivity contribution is -0.117. The third-order valence-corrected chi connectivity index (χ3v) is 3.88. The zero-order valence-electron chi connectivity index (χ0n) is 11.4. The minimum atomic E-state index is -0.153. The van der Waals surface area contributed by atoms with Crippen molar-refractivity contribution in [2.24, 2.45) is 0 Å². The van der Waals surface area contributed by atoms with Crippen molar-refractivity contribution in [3.63, 3.8) is 0 Å². The molecule has 0 saturated carbocycles. The summed E-state index contributed by atoms with van der Waals surface area (Å²) in [6.07, 6.45) is 0.370. The molecule has 20 heavy (non-hydrogen) atoms. The predicted molar refractivity (Wildman–Crippen MR) is 79.8 cm³/mol. The minimum absolute atomic E-state index is 0.00345. The third kappa shape index (κ3) is 3.60. The van der Waals surface area contributed by atoms with Crippen molar-refractivity contribution in [2.75, 3.05) is 16.8 Å². The Balaban J connectivity index is 2.13. The van der Waals surface area contributed by atoms with Crippen molar-refractivity contribution in [1.29, 1.82) is 0 Å². The molecule has 2 rings (SSSR count). The van der Waals surface area contributed by atoms with Gasteiger partial charge in [-0.15, -0.1) is 0 Å². The maximum absolute atomic E-state index is 12.0. The lowest BCUT2D eigenvalue weighted by atomic mass is 10.2. The maximum atomic E-state index is 12.0. The molecule has 1 unspecified atom stereocenters. The number of carbonyl (C=O) groups is 3. The Kier molecular flexibility index (Phi) is 4.44. The molecule has 1 aliphatic heterocycles. The highest BCUT2D eigenvalue weighted by Gasteiger charge is 2.31. The van der Waals surface area contributed by atoms with E-state index in [-0.39, 0.29) is 22.2 Å². The molecule has 1 aromatic rings. The number of anilines is 2. The van der Waals surface area contributed by atoms with Crippen LogP contribution in [-0.4, -0.2) is 28.7 Å². The largest absolute Gasteiger partial charge is 0.326 e. The molecule has 1 atom stereocenters. The first kappa shape index (κ1) is 14.6. The predicted octanol–water partition coefficient (Wildman–Crippen LogP) is 2.03. The molecule has 0 aromatic heterocycles. The number of hydrogen-bond acceptors (Lipinski definition) is 4. The van der Waals surface area contributed by atoms with Gasteiger partial charge >= 0.3 is 0 Å². The molecule has 1 saturated heterocycles. The highest BCUT2D eigenvalue weighted by Crippen LogP contribution is 2.29. The van der Waals surface area contributed by atoms with Gasteiger partial charge in [-0.3, -0.25) is 14.4 Å². The summed E-state index contributed by atoms with van der Waals surface area (Å²) >= 11 is 1.21. The van der Waals surface area contributed by atoms with E-state index < -0.39 is 0 Å². The Morgan fingerprint density at radius 2 is 2.10 bits per heavy atom. The Morgan fingerprint density at radius 3 is 2.75 bits per heavy atom. The smallest absolute Gasteiger partial charge is 0.228 e. The highest BCUT2D eigenvalue weighted by atomic mass is 32.2. The Bertz CT molecular complexity index is 559. The Morgan fingerprint density at radius 1 is 1.35 bits per heavy atom. The van der Waals surface area contributed by atoms with Gasteiger partial charge in [0.05, 0.1) is 0 Å². The summed E-state index contributed by atoms with van der Waals surface area (Å²) < 4.78 is 0. The van der Waals surface area contributed by atoms with Gasteiger partial charge in [-0.25, -0.2) is 0 Å². The van der Waals surface area contributed by atoms with Crippen LogP contribution in [0, 0.1) is 0 Å². The molecule has 0 radical (unpaired) electrons. The van der Waals surface area contributed by atoms with Gasteiger partial charge in [0, 0.05) is 43.4 Å². The van der Waals surface area contributed by atoms with Crippen LogP contribution in [0.1, 0.15) is 20.3 Å². The second kappa shape index (κ2) is 6.09. The number of thioether (sulfide) groups is 1. The molecule has 0 bridgehead atoms. The van der Waals surface area contributed by atoms with Gasteiger partial charge in [-0.1, -0.05) is 17.8 Å². The molecule has 1 fully saturated rings. The van der Waals surface area contributed by atoms with E-state index in [0.717, 1.165) is 5.69 Å². The quantitative estimate of drug-likeness (QED) is 0.925. The Labute approximate surface area is 121 Å². The van der Waals surface area contributed by atoms with Crippen LogP contribution >= 0.6 is 11.8 Å². The van der Waals surface area contributed by atoms with Crippen LogP contribution < -0.4 is 10.2 Å². The number of hydrogen-bond donors (Lipinski definition) is 1. The fourth-order valence-corrected chi connectivity index (χ4v) is 3.11. The van der Waals surface area contributed by atoms with Crippen molar-refractivity contribution in [1.82, 2.24) is 0 Å². The second-order valence-electron chi connectivity index (χ2n) is 4.67. The molecule has 0 spiro atoms. The van der Waals surface area contributed by atoms with E-state index in [9.17, 15) is 14.4 Å². The van der Waals surface area contributed by atoms with Crippen LogP contribution in [-0.2, 0) is 14.4 Å². The van der Waals surface area contributed by atoms with Crippen LogP contribution in [0.25, 0.3) is 0 Å². The number of carbonyl (C=O) groups excluding carboxylic acids is 3. The summed E-state index contributed by atoms with van der Waals surface area (Å²) in [5.41, 5.74) is 1.40. The first-order chi connectivity index (χ1) is 9.45. The molecular formula is C14H16N2O3S. The van der Waals surface area contributed by atoms with Crippen molar-refractivity contribution in [2.45, 2.75) is 25.5 Å². The zero-order valence-corrected chi connectivity index (χ0v) is 12.2. The van der Waals surface area contributed by atoms with Gasteiger partial charge in [-0.2, -0.15) is 0 Å². The van der Waals surface area contributed by atoms with Gasteiger partial charge in [0.25, 0.3) is 0 Å². The average Bonchev–Trinajstić information content (AvgIpc) is 2.68. The van der Waals surface area contributed by atoms with E-state index in [2.05, 4.69) is 5.32 Å². The fourth-order valence-electron chi connectivity index (χ4n) is 2.19. The molecule has 0 aliphatic carbocycles. The van der Waals surface area contributed by atoms with E-state index in [4.69, 9.17) is 0 Å². The standard InChI is InChI=1S/C14H16N2O3S/c1-9(17)15-11-4-3-5-12(6-11)16-8-13(7-14(16)19)20-10(2)18/h3-6,13H,7-8H2,1-2H3,(H,15,17). The summed E-state index contributed by atoms with van der Waals surface area (Å²) in [6.45, 7) is 3.47. The molecule has 1 aliphatic rings. The zero-order chi connectivity index (χ0) is 14.7. The van der Waals surface area contributed by atoms with Crippen LogP contribution in [0.2, 0.25) is 0 Å². The topological polar surface area (TPSA) is 66.5 Å². The van der Waals surface area contributed by atoms with E-state index in [1.165, 1.54) is 25.6 Å². The lowest BCUT2D eigenvalue weighted by Crippen LogP contribution is -2.25. The van der Waals surface area contributed by atoms with Gasteiger partial charge in [0.15, 0.2) is 5.12 Å². The Hall–Kier alpha value is -1.82. The van der Waals surface area contributed by atoms with Crippen molar-refractivity contribution in [3.8, 4) is 0 Å². The van der Waals surface area contributed by atoms with Crippen LogP contribution in [0.3, 0.4) is 0 Å². The van der Waals surface area contributed by atoms with Crippen LogP contribution in [0.15, 0.2) is 24.3 Å². The molecule has 1 heterocycles. The van der Waals surface area contributed by atoms with E-state index in [1.54, 1.807) is 23.1 Å². The summed E-state index contributed by atoms with van der Waals surface area (Å²) in [7, 11) is 0. The second-order valence-corrected chi connectivity index (χ2v) is 6.15. The first-order valence-electron chi connectivity index (χ1n) is 6.31. The van der Waals surface area contributed by atoms with Gasteiger partial charge < -0.3 is 10.2 Å². The van der Waals surface area contributed by atoms with Crippen molar-refractivity contribution in [3.05, 3.63) is 24.3 Å². The van der Waals surface area contributed by atoms with Crippen molar-refractivity contribution >= 4 is 40.1 Å².